The van der Waals surface area contributed by atoms with Gasteiger partial charge in [0.15, 0.2) is 0 Å². The molecule has 23 heavy (non-hydrogen) atoms. The molecule has 2 heterocycles. The molecule has 0 spiro atoms. The number of hydrogen-bond donors (Lipinski definition) is 2. The Kier molecular flexibility index (Phi) is 6.14. The minimum Gasteiger partial charge on any atom is -0.353 e. The van der Waals surface area contributed by atoms with E-state index in [9.17, 15) is 13.2 Å². The van der Waals surface area contributed by atoms with E-state index >= 15 is 0 Å². The lowest BCUT2D eigenvalue weighted by Crippen LogP contribution is -2.36. The van der Waals surface area contributed by atoms with Crippen molar-refractivity contribution in [1.82, 2.24) is 24.7 Å². The Labute approximate surface area is 137 Å². The van der Waals surface area contributed by atoms with Crippen LogP contribution in [0.1, 0.15) is 24.5 Å². The van der Waals surface area contributed by atoms with E-state index in [0.717, 1.165) is 35.9 Å². The minimum absolute atomic E-state index is 0.0981. The first-order chi connectivity index (χ1) is 10.9. The van der Waals surface area contributed by atoms with Crippen LogP contribution in [0.25, 0.3) is 0 Å². The zero-order chi connectivity index (χ0) is 16.9. The Balaban J connectivity index is 1.85. The number of nitrogens with one attached hydrogen (secondary N) is 2. The average Bonchev–Trinajstić information content (AvgIpc) is 2.95. The number of rotatable bonds is 7. The normalized spacial score (nSPS) is 19.0. The zero-order valence-electron chi connectivity index (χ0n) is 13.7. The fourth-order valence-electron chi connectivity index (χ4n) is 2.62. The third-order valence-corrected chi connectivity index (χ3v) is 5.83. The van der Waals surface area contributed by atoms with E-state index in [1.165, 1.54) is 14.1 Å². The van der Waals surface area contributed by atoms with Crippen LogP contribution in [0.3, 0.4) is 0 Å². The molecule has 1 unspecified atom stereocenters. The van der Waals surface area contributed by atoms with Gasteiger partial charge in [-0.2, -0.15) is 5.10 Å². The van der Waals surface area contributed by atoms with E-state index < -0.39 is 10.0 Å². The molecule has 2 N–H and O–H groups in total. The van der Waals surface area contributed by atoms with Gasteiger partial charge in [0.25, 0.3) is 0 Å². The summed E-state index contributed by atoms with van der Waals surface area (Å²) in [6.45, 7) is 2.14. The highest BCUT2D eigenvalue weighted by Gasteiger charge is 2.20. The van der Waals surface area contributed by atoms with Crippen LogP contribution in [0, 0.1) is 0 Å². The van der Waals surface area contributed by atoms with Gasteiger partial charge >= 0.3 is 0 Å². The number of hydrogen-bond acceptors (Lipinski definition) is 5. The fraction of sp³-hybridized carbons (Fsp3) is 0.714. The van der Waals surface area contributed by atoms with Crippen LogP contribution in [-0.4, -0.2) is 67.9 Å². The molecule has 1 aromatic rings. The first-order valence-corrected chi connectivity index (χ1v) is 9.40. The molecule has 9 heteroatoms. The minimum atomic E-state index is -3.29. The quantitative estimate of drug-likeness (QED) is 0.686. The topological polar surface area (TPSA) is 96.3 Å². The highest BCUT2D eigenvalue weighted by molar-refractivity contribution is 7.89. The summed E-state index contributed by atoms with van der Waals surface area (Å²) >= 11 is 0. The van der Waals surface area contributed by atoms with Gasteiger partial charge in [-0.3, -0.25) is 9.48 Å². The summed E-state index contributed by atoms with van der Waals surface area (Å²) < 4.78 is 26.1. The molecule has 1 saturated heterocycles. The molecule has 0 aliphatic carbocycles. The molecule has 1 aromatic heterocycles. The third-order valence-electron chi connectivity index (χ3n) is 4.00. The molecule has 0 radical (unpaired) electrons. The Morgan fingerprint density at radius 3 is 2.96 bits per heavy atom. The first kappa shape index (κ1) is 17.9. The smallest absolute Gasteiger partial charge is 0.241 e. The SMILES string of the molecule is CN(C)S(=O)(=O)CCNC(=O)Cn1nccc1C1CCCNC1. The molecule has 2 rings (SSSR count). The van der Waals surface area contributed by atoms with Crippen molar-refractivity contribution >= 4 is 15.9 Å². The lowest BCUT2D eigenvalue weighted by Gasteiger charge is -2.23. The fourth-order valence-corrected chi connectivity index (χ4v) is 3.35. The Morgan fingerprint density at radius 2 is 2.30 bits per heavy atom. The van der Waals surface area contributed by atoms with Crippen molar-refractivity contribution < 1.29 is 13.2 Å². The number of aromatic nitrogens is 2. The second-order valence-corrected chi connectivity index (χ2v) is 8.21. The molecular weight excluding hydrogens is 318 g/mol. The van der Waals surface area contributed by atoms with E-state index in [1.54, 1.807) is 10.9 Å². The Bertz CT molecular complexity index is 620. The van der Waals surface area contributed by atoms with Gasteiger partial charge in [-0.25, -0.2) is 12.7 Å². The summed E-state index contributed by atoms with van der Waals surface area (Å²) in [5.41, 5.74) is 1.05. The zero-order valence-corrected chi connectivity index (χ0v) is 14.5. The van der Waals surface area contributed by atoms with Crippen LogP contribution in [0.5, 0.6) is 0 Å². The summed E-state index contributed by atoms with van der Waals surface area (Å²) in [6, 6.07) is 1.95. The maximum Gasteiger partial charge on any atom is 0.241 e. The van der Waals surface area contributed by atoms with E-state index in [-0.39, 0.29) is 24.7 Å². The van der Waals surface area contributed by atoms with Gasteiger partial charge in [0, 0.05) is 45.0 Å². The maximum atomic E-state index is 12.0. The standard InChI is InChI=1S/C14H25N5O3S/c1-18(2)23(21,22)9-8-16-14(20)11-19-13(5-7-17-19)12-4-3-6-15-10-12/h5,7,12,15H,3-4,6,8-11H2,1-2H3,(H,16,20). The van der Waals surface area contributed by atoms with Crippen LogP contribution < -0.4 is 10.6 Å². The van der Waals surface area contributed by atoms with Crippen LogP contribution in [0.2, 0.25) is 0 Å². The number of carbonyl (C=O) groups excluding carboxylic acids is 1. The number of carbonyl (C=O) groups is 1. The summed E-state index contributed by atoms with van der Waals surface area (Å²) in [4.78, 5) is 12.0. The predicted octanol–water partition coefficient (Wildman–Crippen LogP) is -0.642. The molecule has 0 saturated carbocycles. The molecule has 1 fully saturated rings. The first-order valence-electron chi connectivity index (χ1n) is 7.79. The molecule has 8 nitrogen and oxygen atoms in total. The number of sulfonamides is 1. The van der Waals surface area contributed by atoms with Gasteiger partial charge in [-0.1, -0.05) is 0 Å². The van der Waals surface area contributed by atoms with Gasteiger partial charge < -0.3 is 10.6 Å². The van der Waals surface area contributed by atoms with E-state index in [0.29, 0.717) is 5.92 Å². The lowest BCUT2D eigenvalue weighted by molar-refractivity contribution is -0.121. The van der Waals surface area contributed by atoms with Gasteiger partial charge in [0.05, 0.1) is 5.75 Å². The van der Waals surface area contributed by atoms with E-state index in [4.69, 9.17) is 0 Å². The number of amides is 1. The molecule has 1 aliphatic heterocycles. The van der Waals surface area contributed by atoms with Crippen molar-refractivity contribution in [2.24, 2.45) is 0 Å². The maximum absolute atomic E-state index is 12.0. The molecule has 1 aliphatic rings. The highest BCUT2D eigenvalue weighted by Crippen LogP contribution is 2.22. The molecule has 130 valence electrons. The van der Waals surface area contributed by atoms with Crippen molar-refractivity contribution in [1.29, 1.82) is 0 Å². The number of piperidine rings is 1. The monoisotopic (exact) mass is 343 g/mol. The van der Waals surface area contributed by atoms with Crippen LogP contribution in [0.15, 0.2) is 12.3 Å². The summed E-state index contributed by atoms with van der Waals surface area (Å²) in [5, 5.41) is 10.2. The molecule has 1 amide bonds. The second kappa shape index (κ2) is 7.89. The van der Waals surface area contributed by atoms with E-state index in [2.05, 4.69) is 15.7 Å². The molecule has 0 bridgehead atoms. The largest absolute Gasteiger partial charge is 0.353 e. The molecule has 0 aromatic carbocycles. The Hall–Kier alpha value is -1.45. The van der Waals surface area contributed by atoms with Crippen molar-refractivity contribution in [3.8, 4) is 0 Å². The van der Waals surface area contributed by atoms with Gasteiger partial charge in [-0.05, 0) is 25.5 Å². The van der Waals surface area contributed by atoms with Crippen LogP contribution >= 0.6 is 0 Å². The molecule has 1 atom stereocenters. The summed E-state index contributed by atoms with van der Waals surface area (Å²) in [5.74, 6) is 0.0328. The summed E-state index contributed by atoms with van der Waals surface area (Å²) in [6.07, 6.45) is 3.90. The lowest BCUT2D eigenvalue weighted by atomic mass is 9.96. The third kappa shape index (κ3) is 5.02. The average molecular weight is 343 g/mol. The van der Waals surface area contributed by atoms with Crippen LogP contribution in [0.4, 0.5) is 0 Å². The Morgan fingerprint density at radius 1 is 1.52 bits per heavy atom. The highest BCUT2D eigenvalue weighted by atomic mass is 32.2. The number of nitrogens with zero attached hydrogens (tertiary/aromatic N) is 3. The predicted molar refractivity (Wildman–Crippen MR) is 87.6 cm³/mol. The van der Waals surface area contributed by atoms with Gasteiger partial charge in [0.2, 0.25) is 15.9 Å². The second-order valence-electron chi connectivity index (χ2n) is 5.91. The van der Waals surface area contributed by atoms with Crippen molar-refractivity contribution in [2.75, 3.05) is 39.5 Å². The van der Waals surface area contributed by atoms with E-state index in [1.807, 2.05) is 6.07 Å². The molecular formula is C14H25N5O3S. The van der Waals surface area contributed by atoms with Crippen LogP contribution in [-0.2, 0) is 21.4 Å². The van der Waals surface area contributed by atoms with Crippen molar-refractivity contribution in [3.63, 3.8) is 0 Å². The van der Waals surface area contributed by atoms with Gasteiger partial charge in [-0.15, -0.1) is 0 Å². The summed E-state index contributed by atoms with van der Waals surface area (Å²) in [7, 11) is -0.338. The van der Waals surface area contributed by atoms with Crippen molar-refractivity contribution in [2.45, 2.75) is 25.3 Å². The van der Waals surface area contributed by atoms with Crippen molar-refractivity contribution in [3.05, 3.63) is 18.0 Å². The van der Waals surface area contributed by atoms with Gasteiger partial charge in [0.1, 0.15) is 6.54 Å².